The normalized spacial score (nSPS) is 17.6. The van der Waals surface area contributed by atoms with E-state index in [1.54, 1.807) is 59.3 Å². The third kappa shape index (κ3) is 12.4. The fraction of sp³-hybridized carbons (Fsp3) is 0.500. The second kappa shape index (κ2) is 26.0. The number of furan rings is 2. The second-order valence-electron chi connectivity index (χ2n) is 22.2. The van der Waals surface area contributed by atoms with E-state index in [-0.39, 0.29) is 35.7 Å². The smallest absolute Gasteiger partial charge is 0.349 e. The SMILES string of the molecule is CCC[CH2][Sn]([CH2]CCC)([CH2]CCC)[c]1cn(C)cn1.CC[C@H]1C[C@@H](n2c(=O)nc(-c3cnn(C)c3)c3oc4ccc(-c5cn(C)cn5)nc4c32)CCO1.CC[C@H]1C[C@@H](n2c(=O)nc(-c3cnn(C)c3)c3oc4ccc(Cl)nc4c32)CCO1. The number of pyridine rings is 2. The molecular formula is C60H77ClN14O6Sn. The number of hydrogen-bond donors (Lipinski definition) is 0. The summed E-state index contributed by atoms with van der Waals surface area (Å²) in [6.07, 6.45) is 28.2. The molecule has 0 N–H and O–H groups in total. The number of imidazole rings is 2. The van der Waals surface area contributed by atoms with E-state index in [2.05, 4.69) is 82.6 Å². The minimum atomic E-state index is -2.21. The summed E-state index contributed by atoms with van der Waals surface area (Å²) in [6, 6.07) is 7.12. The van der Waals surface area contributed by atoms with Crippen LogP contribution in [0.1, 0.15) is 124 Å². The Morgan fingerprint density at radius 1 is 0.585 bits per heavy atom. The number of unbranched alkanes of at least 4 members (excludes halogenated alkanes) is 3. The van der Waals surface area contributed by atoms with E-state index in [0.717, 1.165) is 49.8 Å². The van der Waals surface area contributed by atoms with Gasteiger partial charge in [0.05, 0.1) is 36.6 Å². The minimum Gasteiger partial charge on any atom is -0.450 e. The van der Waals surface area contributed by atoms with Crippen LogP contribution in [0.2, 0.25) is 18.5 Å². The number of rotatable bonds is 17. The maximum Gasteiger partial charge on any atom is 0.349 e. The Balaban J connectivity index is 0.000000144. The summed E-state index contributed by atoms with van der Waals surface area (Å²) in [5.41, 5.74) is 7.88. The van der Waals surface area contributed by atoms with Gasteiger partial charge in [-0.2, -0.15) is 20.2 Å². The predicted octanol–water partition coefficient (Wildman–Crippen LogP) is 11.7. The third-order valence-electron chi connectivity index (χ3n) is 16.2. The monoisotopic (exact) mass is 1240 g/mol. The Kier molecular flexibility index (Phi) is 18.6. The molecule has 12 rings (SSSR count). The summed E-state index contributed by atoms with van der Waals surface area (Å²) in [7, 11) is 7.68. The van der Waals surface area contributed by atoms with Crippen LogP contribution >= 0.6 is 11.6 Å². The zero-order chi connectivity index (χ0) is 57.7. The molecule has 82 heavy (non-hydrogen) atoms. The van der Waals surface area contributed by atoms with Gasteiger partial charge >= 0.3 is 135 Å². The van der Waals surface area contributed by atoms with Gasteiger partial charge in [0, 0.05) is 76.2 Å². The molecule has 0 spiro atoms. The van der Waals surface area contributed by atoms with Crippen molar-refractivity contribution < 1.29 is 18.3 Å². The van der Waals surface area contributed by atoms with Gasteiger partial charge in [0.1, 0.15) is 44.3 Å². The Morgan fingerprint density at radius 2 is 1.07 bits per heavy atom. The van der Waals surface area contributed by atoms with E-state index in [1.807, 2.05) is 56.6 Å². The van der Waals surface area contributed by atoms with Crippen molar-refractivity contribution in [2.45, 2.75) is 149 Å². The zero-order valence-corrected chi connectivity index (χ0v) is 52.5. The number of hydrogen-bond acceptors (Lipinski definition) is 14. The number of fused-ring (bicyclic) bond motifs is 6. The first-order valence-corrected chi connectivity index (χ1v) is 37.2. The largest absolute Gasteiger partial charge is 0.450 e. The molecule has 0 amide bonds. The van der Waals surface area contributed by atoms with Gasteiger partial charge in [-0.25, -0.2) is 24.5 Å². The van der Waals surface area contributed by atoms with E-state index >= 15 is 0 Å². The molecule has 4 atom stereocenters. The average Bonchev–Trinajstić information content (AvgIpc) is 3.13. The zero-order valence-electron chi connectivity index (χ0n) is 48.8. The van der Waals surface area contributed by atoms with Crippen molar-refractivity contribution in [3.8, 4) is 33.9 Å². The fourth-order valence-corrected chi connectivity index (χ4v) is 27.5. The van der Waals surface area contributed by atoms with Crippen LogP contribution in [0.4, 0.5) is 0 Å². The fourth-order valence-electron chi connectivity index (χ4n) is 11.9. The summed E-state index contributed by atoms with van der Waals surface area (Å²) >= 11 is 3.96. The molecule has 10 aromatic heterocycles. The molecule has 0 aromatic carbocycles. The van der Waals surface area contributed by atoms with E-state index in [0.29, 0.717) is 85.4 Å². The van der Waals surface area contributed by atoms with Gasteiger partial charge in [-0.1, -0.05) is 25.4 Å². The van der Waals surface area contributed by atoms with Crippen molar-refractivity contribution in [2.24, 2.45) is 28.2 Å². The summed E-state index contributed by atoms with van der Waals surface area (Å²) < 4.78 is 41.1. The Hall–Kier alpha value is -6.49. The van der Waals surface area contributed by atoms with Crippen LogP contribution in [0.25, 0.3) is 78.3 Å². The van der Waals surface area contributed by atoms with Crippen molar-refractivity contribution in [2.75, 3.05) is 13.2 Å². The van der Waals surface area contributed by atoms with Crippen LogP contribution in [0, 0.1) is 0 Å². The summed E-state index contributed by atoms with van der Waals surface area (Å²) in [5, 5.41) is 8.80. The van der Waals surface area contributed by atoms with Crippen LogP contribution in [-0.2, 0) is 37.7 Å². The van der Waals surface area contributed by atoms with Gasteiger partial charge in [-0.3, -0.25) is 18.5 Å². The van der Waals surface area contributed by atoms with E-state index in [4.69, 9.17) is 39.9 Å². The summed E-state index contributed by atoms with van der Waals surface area (Å²) in [6.45, 7) is 12.4. The van der Waals surface area contributed by atoms with Gasteiger partial charge < -0.3 is 22.9 Å². The molecule has 434 valence electrons. The quantitative estimate of drug-likeness (QED) is 0.0613. The molecule has 0 radical (unpaired) electrons. The van der Waals surface area contributed by atoms with Crippen molar-refractivity contribution in [3.05, 3.63) is 100 Å². The molecule has 2 saturated heterocycles. The van der Waals surface area contributed by atoms with Crippen molar-refractivity contribution >= 4 is 78.1 Å². The first-order chi connectivity index (χ1) is 39.7. The first kappa shape index (κ1) is 58.7. The van der Waals surface area contributed by atoms with Crippen LogP contribution in [0.5, 0.6) is 0 Å². The van der Waals surface area contributed by atoms with E-state index in [9.17, 15) is 9.59 Å². The molecule has 2 aliphatic heterocycles. The third-order valence-corrected chi connectivity index (χ3v) is 31.5. The Labute approximate surface area is 486 Å². The first-order valence-electron chi connectivity index (χ1n) is 29.3. The maximum atomic E-state index is 13.5. The van der Waals surface area contributed by atoms with Crippen molar-refractivity contribution in [3.63, 3.8) is 0 Å². The van der Waals surface area contributed by atoms with Gasteiger partial charge in [0.15, 0.2) is 22.3 Å². The second-order valence-corrected chi connectivity index (χ2v) is 35.7. The van der Waals surface area contributed by atoms with Gasteiger partial charge in [-0.05, 0) is 62.8 Å². The van der Waals surface area contributed by atoms with E-state index < -0.39 is 18.4 Å². The maximum absolute atomic E-state index is 13.5. The molecule has 10 aromatic rings. The molecule has 0 unspecified atom stereocenters. The molecule has 0 aliphatic carbocycles. The van der Waals surface area contributed by atoms with E-state index in [1.165, 1.54) is 51.8 Å². The predicted molar refractivity (Wildman–Crippen MR) is 323 cm³/mol. The Morgan fingerprint density at radius 3 is 1.51 bits per heavy atom. The molecule has 0 saturated carbocycles. The van der Waals surface area contributed by atoms with Gasteiger partial charge in [0.25, 0.3) is 0 Å². The molecule has 12 heterocycles. The number of ether oxygens (including phenoxy) is 2. The topological polar surface area (TPSA) is 212 Å². The van der Waals surface area contributed by atoms with Gasteiger partial charge in [-0.15, -0.1) is 0 Å². The van der Waals surface area contributed by atoms with Crippen LogP contribution in [0.15, 0.2) is 92.5 Å². The average molecular weight is 1240 g/mol. The van der Waals surface area contributed by atoms with Crippen molar-refractivity contribution in [1.82, 2.24) is 67.7 Å². The summed E-state index contributed by atoms with van der Waals surface area (Å²) in [4.78, 5) is 54.2. The standard InChI is InChI=1S/C24H25N7O3.C20H20ClN5O3.C4H5N2.3C4H9.Sn/c1-4-16-9-15(7-8-33-16)31-22-21-19(6-5-17(27-21)18-12-29(2)13-25-18)34-23(22)20(28-24(31)32)14-10-26-30(3)11-14;1-3-13-8-12(6-7-28-13)26-18-17-14(4-5-15(21)23-17)29-19(18)16(24-20(26)27)11-9-22-25(2)10-11;1-6-3-2-5-4-6;3*1-3-4-2;/h5-6,10-13,15-16H,4,7-9H2,1-3H3;4-5,9-10,12-13H,3,6-8H2,1-2H3;3-4H,1H3;3*1,3-4H2,2H3;/t15-,16-;12-,13-;;;;;/m00...../s1. The summed E-state index contributed by atoms with van der Waals surface area (Å²) in [5.74, 6) is 0. The Bertz CT molecular complexity index is 3900. The molecule has 20 nitrogen and oxygen atoms in total. The van der Waals surface area contributed by atoms with Crippen molar-refractivity contribution in [1.29, 1.82) is 0 Å². The molecule has 0 bridgehead atoms. The molecular weight excluding hydrogens is 1170 g/mol. The van der Waals surface area contributed by atoms with Crippen LogP contribution < -0.4 is 15.1 Å². The molecule has 2 fully saturated rings. The molecule has 22 heteroatoms. The number of aromatic nitrogens is 14. The number of nitrogens with zero attached hydrogens (tertiary/aromatic N) is 14. The van der Waals surface area contributed by atoms with Gasteiger partial charge in [0.2, 0.25) is 0 Å². The number of aryl methyl sites for hydroxylation is 4. The molecule has 2 aliphatic rings. The number of halogens is 1. The van der Waals surface area contributed by atoms with Crippen LogP contribution in [0.3, 0.4) is 0 Å². The van der Waals surface area contributed by atoms with Crippen LogP contribution in [-0.4, -0.2) is 112 Å². The minimum absolute atomic E-state index is 0.0410.